The van der Waals surface area contributed by atoms with Crippen molar-refractivity contribution in [2.75, 3.05) is 0 Å². The number of fused-ring (bicyclic) bond motifs is 1. The minimum Gasteiger partial charge on any atom is -0.249 e. The maximum atomic E-state index is 12.2. The second-order valence-corrected chi connectivity index (χ2v) is 7.87. The predicted molar refractivity (Wildman–Crippen MR) is 93.0 cm³/mol. The molecule has 0 amide bonds. The molecule has 3 rings (SSSR count). The molecule has 120 valence electrons. The molecule has 1 aliphatic rings. The monoisotopic (exact) mass is 393 g/mol. The Kier molecular flexibility index (Phi) is 4.57. The van der Waals surface area contributed by atoms with Crippen LogP contribution in [0.15, 0.2) is 57.9 Å². The molecular formula is C17H16BrNO3S. The third-order valence-electron chi connectivity index (χ3n) is 3.69. The van der Waals surface area contributed by atoms with Crippen molar-refractivity contribution >= 4 is 31.7 Å². The zero-order chi connectivity index (χ0) is 16.4. The second-order valence-electron chi connectivity index (χ2n) is 5.41. The lowest BCUT2D eigenvalue weighted by molar-refractivity contribution is 0.258. The van der Waals surface area contributed by atoms with Crippen molar-refractivity contribution in [3.05, 3.63) is 69.7 Å². The standard InChI is InChI=1S/C17H16BrNO3S/c1-12-5-8-15(9-6-12)23(20,21)22-19-17-4-2-3-13-11-14(18)7-10-16(13)17/h4-11,19H,2-3H2,1H3. The Morgan fingerprint density at radius 1 is 1.13 bits per heavy atom. The molecule has 2 aromatic rings. The Morgan fingerprint density at radius 3 is 2.61 bits per heavy atom. The van der Waals surface area contributed by atoms with Crippen LogP contribution >= 0.6 is 15.9 Å². The summed E-state index contributed by atoms with van der Waals surface area (Å²) in [7, 11) is -3.85. The summed E-state index contributed by atoms with van der Waals surface area (Å²) in [5.41, 5.74) is 6.39. The van der Waals surface area contributed by atoms with Crippen LogP contribution in [0.25, 0.3) is 5.70 Å². The van der Waals surface area contributed by atoms with Gasteiger partial charge in [0.25, 0.3) is 0 Å². The van der Waals surface area contributed by atoms with E-state index in [4.69, 9.17) is 4.28 Å². The van der Waals surface area contributed by atoms with E-state index in [-0.39, 0.29) is 4.90 Å². The lowest BCUT2D eigenvalue weighted by Crippen LogP contribution is -2.21. The Bertz CT molecular complexity index is 858. The fourth-order valence-corrected chi connectivity index (χ4v) is 3.64. The first-order valence-corrected chi connectivity index (χ1v) is 9.41. The second kappa shape index (κ2) is 6.47. The Hall–Kier alpha value is -1.63. The summed E-state index contributed by atoms with van der Waals surface area (Å²) in [5, 5.41) is 0. The number of hydrogen-bond donors (Lipinski definition) is 1. The van der Waals surface area contributed by atoms with Gasteiger partial charge in [0.1, 0.15) is 0 Å². The average molecular weight is 394 g/mol. The van der Waals surface area contributed by atoms with Crippen molar-refractivity contribution in [3.8, 4) is 0 Å². The van der Waals surface area contributed by atoms with Crippen molar-refractivity contribution in [1.29, 1.82) is 0 Å². The van der Waals surface area contributed by atoms with Crippen molar-refractivity contribution in [1.82, 2.24) is 5.48 Å². The van der Waals surface area contributed by atoms with Gasteiger partial charge in [-0.2, -0.15) is 8.42 Å². The van der Waals surface area contributed by atoms with Crippen molar-refractivity contribution in [2.24, 2.45) is 0 Å². The van der Waals surface area contributed by atoms with E-state index in [2.05, 4.69) is 21.4 Å². The maximum absolute atomic E-state index is 12.2. The summed E-state index contributed by atoms with van der Waals surface area (Å²) < 4.78 is 30.5. The summed E-state index contributed by atoms with van der Waals surface area (Å²) in [6.45, 7) is 1.90. The number of hydrogen-bond acceptors (Lipinski definition) is 4. The third kappa shape index (κ3) is 3.65. The van der Waals surface area contributed by atoms with Crippen molar-refractivity contribution < 1.29 is 12.7 Å². The molecule has 0 unspecified atom stereocenters. The normalized spacial score (nSPS) is 14.1. The molecule has 0 aromatic heterocycles. The summed E-state index contributed by atoms with van der Waals surface area (Å²) in [6.07, 6.45) is 3.70. The van der Waals surface area contributed by atoms with Gasteiger partial charge in [0.15, 0.2) is 0 Å². The number of halogens is 1. The molecule has 0 heterocycles. The van der Waals surface area contributed by atoms with Crippen LogP contribution in [-0.4, -0.2) is 8.42 Å². The highest BCUT2D eigenvalue weighted by Crippen LogP contribution is 2.27. The molecule has 0 fully saturated rings. The molecule has 0 radical (unpaired) electrons. The number of rotatable bonds is 4. The van der Waals surface area contributed by atoms with Gasteiger partial charge in [0, 0.05) is 10.0 Å². The largest absolute Gasteiger partial charge is 0.317 e. The summed E-state index contributed by atoms with van der Waals surface area (Å²) in [6, 6.07) is 12.5. The van der Waals surface area contributed by atoms with E-state index in [0.29, 0.717) is 5.70 Å². The van der Waals surface area contributed by atoms with Gasteiger partial charge in [0.05, 0.1) is 10.6 Å². The smallest absolute Gasteiger partial charge is 0.249 e. The van der Waals surface area contributed by atoms with Crippen LogP contribution in [0.5, 0.6) is 0 Å². The predicted octanol–water partition coefficient (Wildman–Crippen LogP) is 3.95. The maximum Gasteiger partial charge on any atom is 0.317 e. The number of aryl methyl sites for hydroxylation is 2. The SMILES string of the molecule is Cc1ccc(S(=O)(=O)ONC2=CCCc3cc(Br)ccc32)cc1. The Morgan fingerprint density at radius 2 is 1.87 bits per heavy atom. The highest BCUT2D eigenvalue weighted by atomic mass is 79.9. The van der Waals surface area contributed by atoms with Gasteiger partial charge in [-0.3, -0.25) is 0 Å². The van der Waals surface area contributed by atoms with Crippen LogP contribution in [0.1, 0.15) is 23.1 Å². The Labute approximate surface area is 144 Å². The van der Waals surface area contributed by atoms with Crippen LogP contribution < -0.4 is 5.48 Å². The van der Waals surface area contributed by atoms with Crippen LogP contribution in [0.2, 0.25) is 0 Å². The first-order valence-electron chi connectivity index (χ1n) is 7.21. The van der Waals surface area contributed by atoms with E-state index in [9.17, 15) is 8.42 Å². The number of benzene rings is 2. The van der Waals surface area contributed by atoms with Crippen LogP contribution in [0.4, 0.5) is 0 Å². The van der Waals surface area contributed by atoms with Crippen molar-refractivity contribution in [3.63, 3.8) is 0 Å². The van der Waals surface area contributed by atoms with E-state index in [0.717, 1.165) is 34.0 Å². The van der Waals surface area contributed by atoms with Gasteiger partial charge in [-0.1, -0.05) is 45.8 Å². The van der Waals surface area contributed by atoms with Crippen LogP contribution in [0, 0.1) is 6.92 Å². The van der Waals surface area contributed by atoms with Gasteiger partial charge >= 0.3 is 10.1 Å². The van der Waals surface area contributed by atoms with E-state index >= 15 is 0 Å². The van der Waals surface area contributed by atoms with Gasteiger partial charge in [-0.25, -0.2) is 5.48 Å². The van der Waals surface area contributed by atoms with E-state index in [1.165, 1.54) is 12.1 Å². The summed E-state index contributed by atoms with van der Waals surface area (Å²) in [4.78, 5) is 0.128. The molecule has 0 spiro atoms. The summed E-state index contributed by atoms with van der Waals surface area (Å²) in [5.74, 6) is 0. The first-order chi connectivity index (χ1) is 11.0. The van der Waals surface area contributed by atoms with Gasteiger partial charge in [-0.15, -0.1) is 4.28 Å². The van der Waals surface area contributed by atoms with Crippen LogP contribution in [-0.2, 0) is 20.8 Å². The minimum absolute atomic E-state index is 0.128. The van der Waals surface area contributed by atoms with E-state index in [1.807, 2.05) is 31.2 Å². The van der Waals surface area contributed by atoms with Gasteiger partial charge in [-0.05, 0) is 49.6 Å². The molecule has 2 aromatic carbocycles. The Balaban J connectivity index is 1.78. The molecule has 1 N–H and O–H groups in total. The molecule has 1 aliphatic carbocycles. The van der Waals surface area contributed by atoms with Gasteiger partial charge in [0.2, 0.25) is 0 Å². The molecule has 0 saturated heterocycles. The van der Waals surface area contributed by atoms with Crippen molar-refractivity contribution in [2.45, 2.75) is 24.7 Å². The number of hydroxylamine groups is 1. The quantitative estimate of drug-likeness (QED) is 0.798. The van der Waals surface area contributed by atoms with E-state index in [1.54, 1.807) is 12.1 Å². The zero-order valence-electron chi connectivity index (χ0n) is 12.5. The lowest BCUT2D eigenvalue weighted by atomic mass is 9.95. The molecule has 4 nitrogen and oxygen atoms in total. The molecule has 0 atom stereocenters. The van der Waals surface area contributed by atoms with Gasteiger partial charge < -0.3 is 0 Å². The molecule has 0 bridgehead atoms. The molecule has 23 heavy (non-hydrogen) atoms. The topological polar surface area (TPSA) is 55.4 Å². The highest BCUT2D eigenvalue weighted by Gasteiger charge is 2.18. The first kappa shape index (κ1) is 16.2. The zero-order valence-corrected chi connectivity index (χ0v) is 14.9. The van der Waals surface area contributed by atoms with E-state index < -0.39 is 10.1 Å². The fraction of sp³-hybridized carbons (Fsp3) is 0.176. The number of allylic oxidation sites excluding steroid dienone is 1. The highest BCUT2D eigenvalue weighted by molar-refractivity contribution is 9.10. The molecule has 6 heteroatoms. The fourth-order valence-electron chi connectivity index (χ4n) is 2.46. The molecular weight excluding hydrogens is 378 g/mol. The average Bonchev–Trinajstić information content (AvgIpc) is 2.53. The molecule has 0 saturated carbocycles. The lowest BCUT2D eigenvalue weighted by Gasteiger charge is -2.19. The summed E-state index contributed by atoms with van der Waals surface area (Å²) >= 11 is 3.45. The minimum atomic E-state index is -3.85. The third-order valence-corrected chi connectivity index (χ3v) is 5.34. The molecule has 0 aliphatic heterocycles. The van der Waals surface area contributed by atoms with Crippen LogP contribution in [0.3, 0.4) is 0 Å². The number of nitrogens with one attached hydrogen (secondary N) is 1.